The van der Waals surface area contributed by atoms with E-state index in [0.29, 0.717) is 22.6 Å². The van der Waals surface area contributed by atoms with Crippen molar-refractivity contribution >= 4 is 16.0 Å². The highest BCUT2D eigenvalue weighted by molar-refractivity contribution is 7.89. The van der Waals surface area contributed by atoms with Crippen LogP contribution in [-0.2, 0) is 26.0 Å². The SMILES string of the molecule is CCOC(=O)/C=C1/Cc2ccccc2S(=O)(=O)N1C. The molecule has 0 unspecified atom stereocenters. The molecule has 1 aliphatic rings. The van der Waals surface area contributed by atoms with E-state index in [1.54, 1.807) is 31.2 Å². The van der Waals surface area contributed by atoms with Crippen molar-refractivity contribution in [3.05, 3.63) is 41.6 Å². The number of hydrogen-bond acceptors (Lipinski definition) is 4. The van der Waals surface area contributed by atoms with Crippen LogP contribution in [0.4, 0.5) is 0 Å². The molecule has 0 fully saturated rings. The average molecular weight is 281 g/mol. The van der Waals surface area contributed by atoms with Gasteiger partial charge >= 0.3 is 5.97 Å². The summed E-state index contributed by atoms with van der Waals surface area (Å²) in [7, 11) is -2.13. The number of hydrogen-bond donors (Lipinski definition) is 0. The second-order valence-corrected chi connectivity index (χ2v) is 6.08. The summed E-state index contributed by atoms with van der Waals surface area (Å²) in [5.41, 5.74) is 1.10. The lowest BCUT2D eigenvalue weighted by Gasteiger charge is -2.28. The van der Waals surface area contributed by atoms with Gasteiger partial charge in [-0.3, -0.25) is 4.31 Å². The van der Waals surface area contributed by atoms with Gasteiger partial charge in [-0.2, -0.15) is 0 Å². The van der Waals surface area contributed by atoms with E-state index in [-0.39, 0.29) is 6.61 Å². The van der Waals surface area contributed by atoms with Crippen molar-refractivity contribution in [3.8, 4) is 0 Å². The Morgan fingerprint density at radius 3 is 2.79 bits per heavy atom. The first-order valence-corrected chi connectivity index (χ1v) is 7.35. The first-order chi connectivity index (χ1) is 8.96. The molecule has 0 amide bonds. The largest absolute Gasteiger partial charge is 0.463 e. The minimum Gasteiger partial charge on any atom is -0.463 e. The Labute approximate surface area is 112 Å². The van der Waals surface area contributed by atoms with Crippen LogP contribution in [0.3, 0.4) is 0 Å². The van der Waals surface area contributed by atoms with Crippen molar-refractivity contribution in [2.75, 3.05) is 13.7 Å². The molecule has 1 heterocycles. The van der Waals surface area contributed by atoms with Crippen LogP contribution in [0, 0.1) is 0 Å². The number of allylic oxidation sites excluding steroid dienone is 1. The van der Waals surface area contributed by atoms with Gasteiger partial charge in [-0.15, -0.1) is 0 Å². The fourth-order valence-corrected chi connectivity index (χ4v) is 3.41. The first-order valence-electron chi connectivity index (χ1n) is 5.91. The normalized spacial score (nSPS) is 19.1. The first kappa shape index (κ1) is 13.6. The molecule has 0 bridgehead atoms. The van der Waals surface area contributed by atoms with Gasteiger partial charge in [0.1, 0.15) is 0 Å². The minimum absolute atomic E-state index is 0.260. The van der Waals surface area contributed by atoms with E-state index in [1.165, 1.54) is 13.1 Å². The predicted octanol–water partition coefficient (Wildman–Crippen LogP) is 1.31. The summed E-state index contributed by atoms with van der Waals surface area (Å²) in [4.78, 5) is 11.8. The van der Waals surface area contributed by atoms with Crippen LogP contribution >= 0.6 is 0 Å². The Hall–Kier alpha value is -1.82. The summed E-state index contributed by atoms with van der Waals surface area (Å²) in [6.45, 7) is 1.96. The zero-order chi connectivity index (χ0) is 14.0. The molecular weight excluding hydrogens is 266 g/mol. The number of likely N-dealkylation sites (N-methyl/N-ethyl adjacent to an activating group) is 1. The number of rotatable bonds is 2. The predicted molar refractivity (Wildman–Crippen MR) is 69.8 cm³/mol. The number of benzene rings is 1. The van der Waals surface area contributed by atoms with E-state index in [4.69, 9.17) is 4.74 Å². The van der Waals surface area contributed by atoms with Crippen molar-refractivity contribution in [1.82, 2.24) is 4.31 Å². The Bertz CT molecular complexity index is 634. The quantitative estimate of drug-likeness (QED) is 0.605. The molecule has 0 aromatic heterocycles. The molecule has 0 aliphatic carbocycles. The Balaban J connectivity index is 2.46. The molecule has 0 saturated carbocycles. The fourth-order valence-electron chi connectivity index (χ4n) is 1.97. The van der Waals surface area contributed by atoms with E-state index in [2.05, 4.69) is 0 Å². The molecule has 19 heavy (non-hydrogen) atoms. The third-order valence-electron chi connectivity index (χ3n) is 2.96. The van der Waals surface area contributed by atoms with Crippen molar-refractivity contribution < 1.29 is 17.9 Å². The molecule has 1 aromatic carbocycles. The standard InChI is InChI=1S/C13H15NO4S/c1-3-18-13(15)9-11-8-10-6-4-5-7-12(10)19(16,17)14(11)2/h4-7,9H,3,8H2,1-2H3/b11-9-. The lowest BCUT2D eigenvalue weighted by atomic mass is 10.1. The minimum atomic E-state index is -3.57. The van der Waals surface area contributed by atoms with Crippen LogP contribution < -0.4 is 0 Å². The van der Waals surface area contributed by atoms with Gasteiger partial charge in [0.25, 0.3) is 10.0 Å². The van der Waals surface area contributed by atoms with Crippen molar-refractivity contribution in [1.29, 1.82) is 0 Å². The van der Waals surface area contributed by atoms with Gasteiger partial charge in [0.2, 0.25) is 0 Å². The van der Waals surface area contributed by atoms with E-state index in [1.807, 2.05) is 0 Å². The molecular formula is C13H15NO4S. The molecule has 0 spiro atoms. The average Bonchev–Trinajstić information content (AvgIpc) is 2.36. The van der Waals surface area contributed by atoms with Crippen LogP contribution in [0.15, 0.2) is 40.9 Å². The van der Waals surface area contributed by atoms with Gasteiger partial charge in [-0.25, -0.2) is 13.2 Å². The van der Waals surface area contributed by atoms with Gasteiger partial charge in [0.15, 0.2) is 0 Å². The smallest absolute Gasteiger partial charge is 0.332 e. The number of carbonyl (C=O) groups excluding carboxylic acids is 1. The van der Waals surface area contributed by atoms with Gasteiger partial charge in [0, 0.05) is 25.2 Å². The van der Waals surface area contributed by atoms with Gasteiger partial charge < -0.3 is 4.74 Å². The Morgan fingerprint density at radius 2 is 2.11 bits per heavy atom. The number of carbonyl (C=O) groups is 1. The molecule has 102 valence electrons. The maximum absolute atomic E-state index is 12.3. The maximum atomic E-state index is 12.3. The fraction of sp³-hybridized carbons (Fsp3) is 0.308. The monoisotopic (exact) mass is 281 g/mol. The molecule has 0 N–H and O–H groups in total. The molecule has 6 heteroatoms. The lowest BCUT2D eigenvalue weighted by Crippen LogP contribution is -2.33. The van der Waals surface area contributed by atoms with Gasteiger partial charge in [0.05, 0.1) is 11.5 Å². The summed E-state index contributed by atoms with van der Waals surface area (Å²) < 4.78 is 30.5. The van der Waals surface area contributed by atoms with Crippen molar-refractivity contribution in [2.24, 2.45) is 0 Å². The Kier molecular flexibility index (Phi) is 3.61. The molecule has 0 radical (unpaired) electrons. The zero-order valence-corrected chi connectivity index (χ0v) is 11.6. The van der Waals surface area contributed by atoms with Crippen LogP contribution in [0.5, 0.6) is 0 Å². The van der Waals surface area contributed by atoms with Crippen LogP contribution in [0.2, 0.25) is 0 Å². The topological polar surface area (TPSA) is 63.7 Å². The van der Waals surface area contributed by atoms with Gasteiger partial charge in [-0.05, 0) is 18.6 Å². The number of esters is 1. The van der Waals surface area contributed by atoms with Crippen LogP contribution in [0.25, 0.3) is 0 Å². The third kappa shape index (κ3) is 2.49. The van der Waals surface area contributed by atoms with E-state index in [9.17, 15) is 13.2 Å². The number of nitrogens with zero attached hydrogens (tertiary/aromatic N) is 1. The number of ether oxygens (including phenoxy) is 1. The maximum Gasteiger partial charge on any atom is 0.332 e. The summed E-state index contributed by atoms with van der Waals surface area (Å²) in [5.74, 6) is -0.529. The molecule has 5 nitrogen and oxygen atoms in total. The highest BCUT2D eigenvalue weighted by Crippen LogP contribution is 2.30. The second kappa shape index (κ2) is 5.05. The lowest BCUT2D eigenvalue weighted by molar-refractivity contribution is -0.137. The number of sulfonamides is 1. The summed E-state index contributed by atoms with van der Waals surface area (Å²) in [6, 6.07) is 6.78. The van der Waals surface area contributed by atoms with Gasteiger partial charge in [-0.1, -0.05) is 18.2 Å². The van der Waals surface area contributed by atoms with E-state index < -0.39 is 16.0 Å². The van der Waals surface area contributed by atoms with Crippen molar-refractivity contribution in [2.45, 2.75) is 18.2 Å². The van der Waals surface area contributed by atoms with Crippen molar-refractivity contribution in [3.63, 3.8) is 0 Å². The molecule has 1 aromatic rings. The van der Waals surface area contributed by atoms with E-state index in [0.717, 1.165) is 4.31 Å². The van der Waals surface area contributed by atoms with Crippen LogP contribution in [-0.4, -0.2) is 32.3 Å². The molecule has 0 saturated heterocycles. The number of fused-ring (bicyclic) bond motifs is 1. The summed E-state index contributed by atoms with van der Waals surface area (Å²) in [6.07, 6.45) is 1.63. The molecule has 1 aliphatic heterocycles. The highest BCUT2D eigenvalue weighted by Gasteiger charge is 2.31. The summed E-state index contributed by atoms with van der Waals surface area (Å²) >= 11 is 0. The Morgan fingerprint density at radius 1 is 1.42 bits per heavy atom. The summed E-state index contributed by atoms with van der Waals surface area (Å²) in [5, 5.41) is 0. The van der Waals surface area contributed by atoms with Crippen LogP contribution in [0.1, 0.15) is 12.5 Å². The molecule has 2 rings (SSSR count). The highest BCUT2D eigenvalue weighted by atomic mass is 32.2. The molecule has 0 atom stereocenters. The zero-order valence-electron chi connectivity index (χ0n) is 10.8. The third-order valence-corrected chi connectivity index (χ3v) is 4.87. The van der Waals surface area contributed by atoms with E-state index >= 15 is 0 Å². The second-order valence-electron chi connectivity index (χ2n) is 4.14.